The second-order valence-electron chi connectivity index (χ2n) is 5.88. The Morgan fingerprint density at radius 3 is 2.72 bits per heavy atom. The fraction of sp³-hybridized carbons (Fsp3) is 0.278. The molecular weight excluding hydrogens is 322 g/mol. The molecule has 1 aliphatic heterocycles. The monoisotopic (exact) mass is 339 g/mol. The van der Waals surface area contributed by atoms with Gasteiger partial charge in [-0.3, -0.25) is 9.69 Å². The van der Waals surface area contributed by atoms with Crippen molar-refractivity contribution in [2.45, 2.75) is 19.4 Å². The highest BCUT2D eigenvalue weighted by molar-refractivity contribution is 6.06. The van der Waals surface area contributed by atoms with Crippen LogP contribution in [0, 0.1) is 18.3 Å². The summed E-state index contributed by atoms with van der Waals surface area (Å²) >= 11 is 0. The summed E-state index contributed by atoms with van der Waals surface area (Å²) in [7, 11) is 0. The van der Waals surface area contributed by atoms with Crippen LogP contribution < -0.4 is 10.1 Å². The summed E-state index contributed by atoms with van der Waals surface area (Å²) in [5.74, 6) is 1.07. The molecule has 2 heterocycles. The van der Waals surface area contributed by atoms with Crippen LogP contribution >= 0.6 is 0 Å². The van der Waals surface area contributed by atoms with Crippen molar-refractivity contribution >= 4 is 11.9 Å². The van der Waals surface area contributed by atoms with Crippen molar-refractivity contribution in [3.63, 3.8) is 0 Å². The highest BCUT2D eigenvalue weighted by Crippen LogP contribution is 2.30. The van der Waals surface area contributed by atoms with Gasteiger partial charge in [-0.15, -0.1) is 0 Å². The van der Waals surface area contributed by atoms with E-state index in [1.807, 2.05) is 6.07 Å². The number of nitrogens with one attached hydrogen (secondary N) is 1. The summed E-state index contributed by atoms with van der Waals surface area (Å²) in [6.07, 6.45) is 0. The lowest BCUT2D eigenvalue weighted by Crippen LogP contribution is -2.41. The summed E-state index contributed by atoms with van der Waals surface area (Å²) in [6, 6.07) is 11.7. The number of para-hydroxylation sites is 1. The summed E-state index contributed by atoms with van der Waals surface area (Å²) < 4.78 is 11.1. The van der Waals surface area contributed by atoms with Gasteiger partial charge in [0, 0.05) is 0 Å². The van der Waals surface area contributed by atoms with Gasteiger partial charge in [0.25, 0.3) is 5.91 Å². The molecule has 0 saturated carbocycles. The van der Waals surface area contributed by atoms with Gasteiger partial charge < -0.3 is 14.5 Å². The van der Waals surface area contributed by atoms with Crippen LogP contribution in [0.1, 0.15) is 24.0 Å². The van der Waals surface area contributed by atoms with Gasteiger partial charge in [-0.05, 0) is 38.1 Å². The van der Waals surface area contributed by atoms with Gasteiger partial charge in [-0.25, -0.2) is 4.79 Å². The molecule has 128 valence electrons. The Hall–Kier alpha value is -3.27. The molecule has 1 aliphatic rings. The predicted molar refractivity (Wildman–Crippen MR) is 87.7 cm³/mol. The summed E-state index contributed by atoms with van der Waals surface area (Å²) in [5.41, 5.74) is -0.828. The van der Waals surface area contributed by atoms with Gasteiger partial charge in [0.15, 0.2) is 5.54 Å². The van der Waals surface area contributed by atoms with Crippen LogP contribution in [0.4, 0.5) is 4.79 Å². The maximum absolute atomic E-state index is 12.7. The third kappa shape index (κ3) is 2.94. The van der Waals surface area contributed by atoms with Gasteiger partial charge >= 0.3 is 6.03 Å². The number of nitrogens with zero attached hydrogens (tertiary/aromatic N) is 2. The zero-order valence-corrected chi connectivity index (χ0v) is 13.9. The molecule has 0 radical (unpaired) electrons. The largest absolute Gasteiger partial charge is 0.490 e. The minimum atomic E-state index is -1.23. The van der Waals surface area contributed by atoms with Gasteiger partial charge in [0.1, 0.15) is 29.9 Å². The first-order chi connectivity index (χ1) is 12.0. The van der Waals surface area contributed by atoms with Crippen LogP contribution in [-0.2, 0) is 10.3 Å². The van der Waals surface area contributed by atoms with Crippen molar-refractivity contribution in [3.8, 4) is 11.8 Å². The van der Waals surface area contributed by atoms with E-state index in [-0.39, 0.29) is 13.2 Å². The van der Waals surface area contributed by atoms with Crippen LogP contribution in [-0.4, -0.2) is 30.0 Å². The van der Waals surface area contributed by atoms with E-state index in [1.54, 1.807) is 50.2 Å². The first-order valence-electron chi connectivity index (χ1n) is 7.78. The van der Waals surface area contributed by atoms with E-state index in [0.717, 1.165) is 4.90 Å². The second-order valence-corrected chi connectivity index (χ2v) is 5.88. The smallest absolute Gasteiger partial charge is 0.325 e. The maximum atomic E-state index is 12.7. The molecule has 1 unspecified atom stereocenters. The van der Waals surface area contributed by atoms with E-state index >= 15 is 0 Å². The van der Waals surface area contributed by atoms with E-state index in [0.29, 0.717) is 22.8 Å². The van der Waals surface area contributed by atoms with Gasteiger partial charge in [-0.2, -0.15) is 5.26 Å². The van der Waals surface area contributed by atoms with Gasteiger partial charge in [0.2, 0.25) is 0 Å². The van der Waals surface area contributed by atoms with Crippen LogP contribution in [0.2, 0.25) is 0 Å². The molecule has 1 fully saturated rings. The molecule has 0 spiro atoms. The zero-order chi connectivity index (χ0) is 18.0. The van der Waals surface area contributed by atoms with Crippen molar-refractivity contribution in [2.24, 2.45) is 0 Å². The topological polar surface area (TPSA) is 95.6 Å². The van der Waals surface area contributed by atoms with Crippen molar-refractivity contribution in [1.82, 2.24) is 10.2 Å². The minimum Gasteiger partial charge on any atom is -0.490 e. The number of ether oxygens (including phenoxy) is 1. The second kappa shape index (κ2) is 6.32. The number of furan rings is 1. The summed E-state index contributed by atoms with van der Waals surface area (Å²) in [5, 5.41) is 11.7. The molecule has 1 saturated heterocycles. The number of aryl methyl sites for hydroxylation is 1. The van der Waals surface area contributed by atoms with Crippen LogP contribution in [0.3, 0.4) is 0 Å². The number of urea groups is 1. The van der Waals surface area contributed by atoms with Gasteiger partial charge in [-0.1, -0.05) is 12.1 Å². The van der Waals surface area contributed by atoms with Crippen LogP contribution in [0.5, 0.6) is 5.75 Å². The normalized spacial score (nSPS) is 19.6. The highest BCUT2D eigenvalue weighted by Gasteiger charge is 2.50. The molecule has 1 aromatic heterocycles. The van der Waals surface area contributed by atoms with Crippen molar-refractivity contribution in [3.05, 3.63) is 53.5 Å². The number of imide groups is 1. The third-order valence-corrected chi connectivity index (χ3v) is 4.09. The van der Waals surface area contributed by atoms with E-state index in [2.05, 4.69) is 5.32 Å². The fourth-order valence-corrected chi connectivity index (χ4v) is 2.70. The number of benzene rings is 1. The highest BCUT2D eigenvalue weighted by atomic mass is 16.5. The molecule has 7 heteroatoms. The number of hydrogen-bond acceptors (Lipinski definition) is 5. The molecule has 1 atom stereocenters. The molecule has 2 aromatic rings. The predicted octanol–water partition coefficient (Wildman–Crippen LogP) is 2.31. The molecule has 7 nitrogen and oxygen atoms in total. The molecule has 1 N–H and O–H groups in total. The molecule has 3 amide bonds. The Morgan fingerprint density at radius 2 is 2.04 bits per heavy atom. The summed E-state index contributed by atoms with van der Waals surface area (Å²) in [6.45, 7) is 3.54. The van der Waals surface area contributed by atoms with Gasteiger partial charge in [0.05, 0.1) is 12.1 Å². The van der Waals surface area contributed by atoms with E-state index in [4.69, 9.17) is 14.4 Å². The Balaban J connectivity index is 1.68. The Morgan fingerprint density at radius 1 is 1.28 bits per heavy atom. The molecule has 1 aromatic carbocycles. The van der Waals surface area contributed by atoms with E-state index < -0.39 is 17.5 Å². The third-order valence-electron chi connectivity index (χ3n) is 4.09. The Kier molecular flexibility index (Phi) is 4.19. The number of nitriles is 1. The molecule has 3 rings (SSSR count). The fourth-order valence-electron chi connectivity index (χ4n) is 2.70. The standard InChI is InChI=1S/C18H17N3O4/c1-12-7-8-15(25-12)18(2)16(22)21(17(23)20-18)9-10-24-14-6-4-3-5-13(14)11-19/h3-8H,9-10H2,1-2H3,(H,20,23). The lowest BCUT2D eigenvalue weighted by molar-refractivity contribution is -0.131. The zero-order valence-electron chi connectivity index (χ0n) is 13.9. The molecule has 0 bridgehead atoms. The van der Waals surface area contributed by atoms with Crippen molar-refractivity contribution in [2.75, 3.05) is 13.2 Å². The van der Waals surface area contributed by atoms with E-state index in [1.165, 1.54) is 0 Å². The van der Waals surface area contributed by atoms with Crippen molar-refractivity contribution < 1.29 is 18.7 Å². The molecule has 0 aliphatic carbocycles. The number of carbonyl (C=O) groups is 2. The molecule has 25 heavy (non-hydrogen) atoms. The maximum Gasteiger partial charge on any atom is 0.325 e. The Labute approximate surface area is 144 Å². The number of carbonyl (C=O) groups excluding carboxylic acids is 2. The average molecular weight is 339 g/mol. The lowest BCUT2D eigenvalue weighted by atomic mass is 9.99. The van der Waals surface area contributed by atoms with E-state index in [9.17, 15) is 9.59 Å². The Bertz CT molecular complexity index is 867. The number of amides is 3. The lowest BCUT2D eigenvalue weighted by Gasteiger charge is -2.19. The SMILES string of the molecule is Cc1ccc(C2(C)NC(=O)N(CCOc3ccccc3C#N)C2=O)o1. The van der Waals surface area contributed by atoms with Crippen molar-refractivity contribution in [1.29, 1.82) is 5.26 Å². The quantitative estimate of drug-likeness (QED) is 0.843. The molecular formula is C18H17N3O4. The first kappa shape index (κ1) is 16.6. The van der Waals surface area contributed by atoms with Crippen LogP contribution in [0.15, 0.2) is 40.8 Å². The summed E-state index contributed by atoms with van der Waals surface area (Å²) in [4.78, 5) is 26.0. The number of hydrogen-bond donors (Lipinski definition) is 1. The van der Waals surface area contributed by atoms with Crippen LogP contribution in [0.25, 0.3) is 0 Å². The average Bonchev–Trinajstić information content (AvgIpc) is 3.13. The number of rotatable bonds is 5. The first-order valence-corrected chi connectivity index (χ1v) is 7.78. The minimum absolute atomic E-state index is 0.0692.